The van der Waals surface area contributed by atoms with Crippen LogP contribution in [0.15, 0.2) is 36.4 Å². The number of nitrogen functional groups attached to an aromatic ring is 1. The van der Waals surface area contributed by atoms with Gasteiger partial charge in [0.25, 0.3) is 0 Å². The largest absolute Gasteiger partial charge is 0.492 e. The van der Waals surface area contributed by atoms with E-state index < -0.39 is 0 Å². The summed E-state index contributed by atoms with van der Waals surface area (Å²) in [6.45, 7) is 2.47. The van der Waals surface area contributed by atoms with Gasteiger partial charge in [0.05, 0.1) is 28.0 Å². The summed E-state index contributed by atoms with van der Waals surface area (Å²) in [4.78, 5) is 0. The van der Waals surface area contributed by atoms with Crippen LogP contribution in [0, 0.1) is 0 Å². The molecule has 0 amide bonds. The molecule has 0 saturated carbocycles. The van der Waals surface area contributed by atoms with Crippen molar-refractivity contribution in [1.82, 2.24) is 0 Å². The molecule has 0 fully saturated rings. The molecule has 0 saturated heterocycles. The Labute approximate surface area is 122 Å². The van der Waals surface area contributed by atoms with Crippen LogP contribution in [-0.2, 0) is 0 Å². The van der Waals surface area contributed by atoms with Gasteiger partial charge < -0.3 is 15.8 Å². The first kappa shape index (κ1) is 13.8. The Balaban J connectivity index is 2.28. The fraction of sp³-hybridized carbons (Fsp3) is 0.143. The van der Waals surface area contributed by atoms with Gasteiger partial charge in [0.15, 0.2) is 0 Å². The maximum atomic E-state index is 6.12. The van der Waals surface area contributed by atoms with E-state index in [4.69, 9.17) is 33.7 Å². The zero-order chi connectivity index (χ0) is 13.8. The van der Waals surface area contributed by atoms with Crippen molar-refractivity contribution in [3.8, 4) is 5.75 Å². The molecule has 0 aliphatic carbocycles. The van der Waals surface area contributed by atoms with Crippen LogP contribution in [0.5, 0.6) is 5.75 Å². The van der Waals surface area contributed by atoms with Gasteiger partial charge in [-0.25, -0.2) is 0 Å². The third kappa shape index (κ3) is 3.25. The van der Waals surface area contributed by atoms with Gasteiger partial charge in [0.2, 0.25) is 0 Å². The molecular weight excluding hydrogens is 283 g/mol. The van der Waals surface area contributed by atoms with Crippen molar-refractivity contribution < 1.29 is 4.74 Å². The second kappa shape index (κ2) is 6.04. The third-order valence-corrected chi connectivity index (χ3v) is 3.36. The molecule has 2 aromatic carbocycles. The molecule has 0 atom stereocenters. The van der Waals surface area contributed by atoms with Crippen molar-refractivity contribution in [3.63, 3.8) is 0 Å². The van der Waals surface area contributed by atoms with Crippen molar-refractivity contribution in [3.05, 3.63) is 46.4 Å². The minimum Gasteiger partial charge on any atom is -0.492 e. The van der Waals surface area contributed by atoms with Crippen LogP contribution in [0.3, 0.4) is 0 Å². The maximum absolute atomic E-state index is 6.12. The Kier molecular flexibility index (Phi) is 4.40. The van der Waals surface area contributed by atoms with Gasteiger partial charge in [0, 0.05) is 11.8 Å². The van der Waals surface area contributed by atoms with Crippen LogP contribution >= 0.6 is 23.2 Å². The highest BCUT2D eigenvalue weighted by atomic mass is 35.5. The molecule has 3 nitrogen and oxygen atoms in total. The number of rotatable bonds is 4. The molecule has 0 aliphatic heterocycles. The molecule has 3 N–H and O–H groups in total. The van der Waals surface area contributed by atoms with Crippen LogP contribution in [0.2, 0.25) is 10.0 Å². The van der Waals surface area contributed by atoms with Crippen molar-refractivity contribution in [2.75, 3.05) is 17.7 Å². The van der Waals surface area contributed by atoms with Crippen LogP contribution in [0.4, 0.5) is 17.1 Å². The number of nitrogens with one attached hydrogen (secondary N) is 1. The van der Waals surface area contributed by atoms with E-state index in [0.29, 0.717) is 28.1 Å². The molecule has 0 heterocycles. The molecule has 2 rings (SSSR count). The lowest BCUT2D eigenvalue weighted by atomic mass is 10.2. The number of ether oxygens (including phenoxy) is 1. The van der Waals surface area contributed by atoms with E-state index in [1.807, 2.05) is 31.2 Å². The summed E-state index contributed by atoms with van der Waals surface area (Å²) >= 11 is 12.1. The molecule has 100 valence electrons. The van der Waals surface area contributed by atoms with Crippen LogP contribution in [-0.4, -0.2) is 6.61 Å². The first-order valence-corrected chi connectivity index (χ1v) is 6.60. The molecule has 0 bridgehead atoms. The van der Waals surface area contributed by atoms with Crippen molar-refractivity contribution >= 4 is 40.3 Å². The fourth-order valence-corrected chi connectivity index (χ4v) is 2.00. The monoisotopic (exact) mass is 296 g/mol. The highest BCUT2D eigenvalue weighted by molar-refractivity contribution is 6.43. The summed E-state index contributed by atoms with van der Waals surface area (Å²) in [5, 5.41) is 4.18. The Morgan fingerprint density at radius 3 is 2.74 bits per heavy atom. The molecule has 0 unspecified atom stereocenters. The molecule has 19 heavy (non-hydrogen) atoms. The highest BCUT2D eigenvalue weighted by Crippen LogP contribution is 2.33. The second-order valence-electron chi connectivity index (χ2n) is 3.91. The van der Waals surface area contributed by atoms with Gasteiger partial charge in [-0.15, -0.1) is 0 Å². The van der Waals surface area contributed by atoms with Gasteiger partial charge in [-0.2, -0.15) is 0 Å². The van der Waals surface area contributed by atoms with Crippen molar-refractivity contribution in [2.24, 2.45) is 0 Å². The van der Waals surface area contributed by atoms with Crippen LogP contribution in [0.25, 0.3) is 0 Å². The maximum Gasteiger partial charge on any atom is 0.144 e. The van der Waals surface area contributed by atoms with Gasteiger partial charge in [-0.1, -0.05) is 29.3 Å². The molecule has 2 aromatic rings. The number of hydrogen-bond acceptors (Lipinski definition) is 3. The smallest absolute Gasteiger partial charge is 0.144 e. The zero-order valence-corrected chi connectivity index (χ0v) is 11.9. The normalized spacial score (nSPS) is 10.3. The molecule has 5 heteroatoms. The summed E-state index contributed by atoms with van der Waals surface area (Å²) in [5.41, 5.74) is 8.00. The Bertz CT molecular complexity index is 588. The van der Waals surface area contributed by atoms with Crippen molar-refractivity contribution in [1.29, 1.82) is 0 Å². The summed E-state index contributed by atoms with van der Waals surface area (Å²) in [5.74, 6) is 0.644. The highest BCUT2D eigenvalue weighted by Gasteiger charge is 2.06. The number of anilines is 3. The minimum atomic E-state index is 0.485. The van der Waals surface area contributed by atoms with E-state index >= 15 is 0 Å². The lowest BCUT2D eigenvalue weighted by Gasteiger charge is -2.12. The van der Waals surface area contributed by atoms with E-state index in [9.17, 15) is 0 Å². The van der Waals surface area contributed by atoms with Crippen LogP contribution < -0.4 is 15.8 Å². The molecular formula is C14H14Cl2N2O. The lowest BCUT2D eigenvalue weighted by Crippen LogP contribution is -1.98. The second-order valence-corrected chi connectivity index (χ2v) is 4.70. The SMILES string of the molecule is CCOc1cc(Nc2cccc(Cl)c2Cl)ccc1N. The predicted molar refractivity (Wildman–Crippen MR) is 81.8 cm³/mol. The summed E-state index contributed by atoms with van der Waals surface area (Å²) in [6.07, 6.45) is 0. The van der Waals surface area contributed by atoms with E-state index in [-0.39, 0.29) is 0 Å². The Morgan fingerprint density at radius 2 is 2.00 bits per heavy atom. The molecule has 0 spiro atoms. The Morgan fingerprint density at radius 1 is 1.21 bits per heavy atom. The average molecular weight is 297 g/mol. The number of benzene rings is 2. The van der Waals surface area contributed by atoms with E-state index in [1.165, 1.54) is 0 Å². The lowest BCUT2D eigenvalue weighted by molar-refractivity contribution is 0.342. The van der Waals surface area contributed by atoms with Crippen molar-refractivity contribution in [2.45, 2.75) is 6.92 Å². The number of hydrogen-bond donors (Lipinski definition) is 2. The van der Waals surface area contributed by atoms with E-state index in [0.717, 1.165) is 11.4 Å². The van der Waals surface area contributed by atoms with Gasteiger partial charge in [-0.05, 0) is 31.2 Å². The predicted octanol–water partition coefficient (Wildman–Crippen LogP) is 4.72. The first-order chi connectivity index (χ1) is 9.11. The van der Waals surface area contributed by atoms with Gasteiger partial charge in [-0.3, -0.25) is 0 Å². The minimum absolute atomic E-state index is 0.485. The Hall–Kier alpha value is -1.58. The molecule has 0 aliphatic rings. The summed E-state index contributed by atoms with van der Waals surface area (Å²) in [7, 11) is 0. The van der Waals surface area contributed by atoms with Crippen LogP contribution in [0.1, 0.15) is 6.92 Å². The molecule has 0 radical (unpaired) electrons. The first-order valence-electron chi connectivity index (χ1n) is 5.85. The number of halogens is 2. The van der Waals surface area contributed by atoms with E-state index in [1.54, 1.807) is 12.1 Å². The third-order valence-electron chi connectivity index (χ3n) is 2.54. The number of nitrogens with two attached hydrogens (primary N) is 1. The quantitative estimate of drug-likeness (QED) is 0.803. The van der Waals surface area contributed by atoms with E-state index in [2.05, 4.69) is 5.32 Å². The zero-order valence-electron chi connectivity index (χ0n) is 10.4. The van der Waals surface area contributed by atoms with Gasteiger partial charge in [0.1, 0.15) is 5.75 Å². The fourth-order valence-electron chi connectivity index (χ4n) is 1.65. The van der Waals surface area contributed by atoms with Gasteiger partial charge >= 0.3 is 0 Å². The average Bonchev–Trinajstić information content (AvgIpc) is 2.39. The summed E-state index contributed by atoms with van der Waals surface area (Å²) < 4.78 is 5.44. The molecule has 0 aromatic heterocycles. The summed E-state index contributed by atoms with van der Waals surface area (Å²) in [6, 6.07) is 10.9. The standard InChI is InChI=1S/C14H14Cl2N2O/c1-2-19-13-8-9(6-7-11(13)17)18-12-5-3-4-10(15)14(12)16/h3-8,18H,2,17H2,1H3. The topological polar surface area (TPSA) is 47.3 Å².